The number of rotatable bonds is 5. The van der Waals surface area contributed by atoms with Crippen LogP contribution in [0.3, 0.4) is 0 Å². The average Bonchev–Trinajstić information content (AvgIpc) is 2.47. The third-order valence-electron chi connectivity index (χ3n) is 3.59. The summed E-state index contributed by atoms with van der Waals surface area (Å²) >= 11 is 5.15. The highest BCUT2D eigenvalue weighted by Crippen LogP contribution is 2.20. The van der Waals surface area contributed by atoms with Gasteiger partial charge in [0.25, 0.3) is 0 Å². The molecule has 1 heterocycles. The first kappa shape index (κ1) is 16.4. The number of ketones is 1. The Kier molecular flexibility index (Phi) is 5.49. The molecular formula is C16H20N2O3S. The van der Waals surface area contributed by atoms with Crippen molar-refractivity contribution in [2.45, 2.75) is 32.4 Å². The van der Waals surface area contributed by atoms with Crippen molar-refractivity contribution < 1.29 is 14.3 Å². The molecule has 3 atom stereocenters. The molecule has 22 heavy (non-hydrogen) atoms. The summed E-state index contributed by atoms with van der Waals surface area (Å²) in [5, 5.41) is 6.56. The monoisotopic (exact) mass is 320 g/mol. The maximum Gasteiger partial charge on any atom is 0.318 e. The van der Waals surface area contributed by atoms with Gasteiger partial charge in [-0.1, -0.05) is 30.3 Å². The second kappa shape index (κ2) is 7.35. The molecule has 1 aromatic carbocycles. The van der Waals surface area contributed by atoms with E-state index in [9.17, 15) is 9.59 Å². The molecule has 0 aromatic heterocycles. The topological polar surface area (TPSA) is 67.4 Å². The highest BCUT2D eigenvalue weighted by atomic mass is 32.1. The van der Waals surface area contributed by atoms with Gasteiger partial charge < -0.3 is 15.4 Å². The van der Waals surface area contributed by atoms with E-state index >= 15 is 0 Å². The second-order valence-corrected chi connectivity index (χ2v) is 5.73. The maximum absolute atomic E-state index is 12.8. The van der Waals surface area contributed by atoms with E-state index < -0.39 is 11.9 Å². The number of carbonyl (C=O) groups excluding carboxylic acids is 2. The van der Waals surface area contributed by atoms with E-state index in [0.29, 0.717) is 17.1 Å². The summed E-state index contributed by atoms with van der Waals surface area (Å²) in [6.45, 7) is 3.93. The first-order valence-corrected chi connectivity index (χ1v) is 7.76. The number of thiocarbonyl (C=S) groups is 1. The normalized spacial score (nSPS) is 22.2. The van der Waals surface area contributed by atoms with Gasteiger partial charge in [0.2, 0.25) is 0 Å². The summed E-state index contributed by atoms with van der Waals surface area (Å²) in [5.41, 5.74) is 0.499. The molecule has 0 aliphatic carbocycles. The van der Waals surface area contributed by atoms with Crippen LogP contribution in [-0.2, 0) is 9.53 Å². The molecule has 5 nitrogen and oxygen atoms in total. The zero-order chi connectivity index (χ0) is 16.1. The molecule has 6 heteroatoms. The predicted molar refractivity (Wildman–Crippen MR) is 87.6 cm³/mol. The van der Waals surface area contributed by atoms with Gasteiger partial charge in [0.15, 0.2) is 10.9 Å². The number of esters is 1. The molecule has 0 bridgehead atoms. The van der Waals surface area contributed by atoms with Crippen molar-refractivity contribution >= 4 is 29.1 Å². The Morgan fingerprint density at radius 3 is 2.59 bits per heavy atom. The number of ether oxygens (including phenoxy) is 1. The average molecular weight is 320 g/mol. The fraction of sp³-hybridized carbons (Fsp3) is 0.438. The fourth-order valence-corrected chi connectivity index (χ4v) is 2.97. The number of Topliss-reactive ketones (excluding diaryl/α,β-unsaturated/α-hetero) is 1. The lowest BCUT2D eigenvalue weighted by Gasteiger charge is -2.34. The van der Waals surface area contributed by atoms with Crippen molar-refractivity contribution in [1.29, 1.82) is 0 Å². The minimum absolute atomic E-state index is 0.0965. The lowest BCUT2D eigenvalue weighted by atomic mass is 9.86. The molecule has 0 spiro atoms. The molecule has 0 amide bonds. The van der Waals surface area contributed by atoms with Gasteiger partial charge in [-0.3, -0.25) is 9.59 Å². The quantitative estimate of drug-likeness (QED) is 0.372. The smallest absolute Gasteiger partial charge is 0.318 e. The molecule has 0 unspecified atom stereocenters. The van der Waals surface area contributed by atoms with Crippen LogP contribution in [0.25, 0.3) is 0 Å². The van der Waals surface area contributed by atoms with E-state index in [0.717, 1.165) is 0 Å². The van der Waals surface area contributed by atoms with Crippen LogP contribution in [0.5, 0.6) is 0 Å². The minimum atomic E-state index is -0.898. The molecule has 0 saturated carbocycles. The Labute approximate surface area is 135 Å². The van der Waals surface area contributed by atoms with E-state index in [1.165, 1.54) is 0 Å². The molecule has 2 N–H and O–H groups in total. The molecular weight excluding hydrogens is 300 g/mol. The fourth-order valence-electron chi connectivity index (χ4n) is 2.62. The van der Waals surface area contributed by atoms with Crippen LogP contribution < -0.4 is 10.6 Å². The van der Waals surface area contributed by atoms with E-state index in [1.807, 2.05) is 13.0 Å². The summed E-state index contributed by atoms with van der Waals surface area (Å²) in [6, 6.07) is 8.52. The highest BCUT2D eigenvalue weighted by Gasteiger charge is 2.39. The van der Waals surface area contributed by atoms with Gasteiger partial charge in [0.1, 0.15) is 5.92 Å². The summed E-state index contributed by atoms with van der Waals surface area (Å²) < 4.78 is 5.11. The van der Waals surface area contributed by atoms with Gasteiger partial charge in [-0.2, -0.15) is 0 Å². The first-order valence-electron chi connectivity index (χ1n) is 7.35. The lowest BCUT2D eigenvalue weighted by Crippen LogP contribution is -2.58. The summed E-state index contributed by atoms with van der Waals surface area (Å²) in [4.78, 5) is 25.1. The van der Waals surface area contributed by atoms with Crippen LogP contribution in [0.1, 0.15) is 30.6 Å². The molecule has 1 aliphatic heterocycles. The Morgan fingerprint density at radius 2 is 2.00 bits per heavy atom. The summed E-state index contributed by atoms with van der Waals surface area (Å²) in [5.74, 6) is -1.65. The van der Waals surface area contributed by atoms with Crippen molar-refractivity contribution in [3.05, 3.63) is 35.9 Å². The molecule has 1 fully saturated rings. The Balaban J connectivity index is 2.28. The van der Waals surface area contributed by atoms with Crippen LogP contribution in [0, 0.1) is 5.92 Å². The van der Waals surface area contributed by atoms with Crippen LogP contribution in [0.2, 0.25) is 0 Å². The SMILES string of the molecule is CCOC(=O)[C@H](C(=O)c1ccccc1)[C@@H]1C[C@@H](C)NC(=S)N1. The second-order valence-electron chi connectivity index (χ2n) is 5.32. The van der Waals surface area contributed by atoms with Crippen LogP contribution in [0.4, 0.5) is 0 Å². The number of benzene rings is 1. The van der Waals surface area contributed by atoms with Crippen molar-refractivity contribution in [3.8, 4) is 0 Å². The maximum atomic E-state index is 12.8. The zero-order valence-corrected chi connectivity index (χ0v) is 13.5. The van der Waals surface area contributed by atoms with Crippen LogP contribution in [0.15, 0.2) is 30.3 Å². The van der Waals surface area contributed by atoms with Gasteiger partial charge in [-0.25, -0.2) is 0 Å². The molecule has 0 radical (unpaired) electrons. The zero-order valence-electron chi connectivity index (χ0n) is 12.7. The summed E-state index contributed by atoms with van der Waals surface area (Å²) in [7, 11) is 0. The number of nitrogens with one attached hydrogen (secondary N) is 2. The number of hydrogen-bond donors (Lipinski definition) is 2. The minimum Gasteiger partial charge on any atom is -0.465 e. The van der Waals surface area contributed by atoms with Gasteiger partial charge in [0, 0.05) is 11.6 Å². The lowest BCUT2D eigenvalue weighted by molar-refractivity contribution is -0.147. The third kappa shape index (κ3) is 3.82. The van der Waals surface area contributed by atoms with E-state index in [-0.39, 0.29) is 24.5 Å². The van der Waals surface area contributed by atoms with Crippen LogP contribution in [-0.4, -0.2) is 35.6 Å². The van der Waals surface area contributed by atoms with Crippen molar-refractivity contribution in [3.63, 3.8) is 0 Å². The Bertz CT molecular complexity index is 562. The van der Waals surface area contributed by atoms with Crippen molar-refractivity contribution in [1.82, 2.24) is 10.6 Å². The van der Waals surface area contributed by atoms with Gasteiger partial charge in [-0.05, 0) is 32.5 Å². The standard InChI is InChI=1S/C16H20N2O3S/c1-3-21-15(20)13(12-9-10(2)17-16(22)18-12)14(19)11-7-5-4-6-8-11/h4-8,10,12-13H,3,9H2,1-2H3,(H2,17,18,22)/t10-,12+,13+/m1/s1. The number of hydrogen-bond acceptors (Lipinski definition) is 4. The summed E-state index contributed by atoms with van der Waals surface area (Å²) in [6.07, 6.45) is 0.613. The van der Waals surface area contributed by atoms with E-state index in [2.05, 4.69) is 10.6 Å². The highest BCUT2D eigenvalue weighted by molar-refractivity contribution is 7.80. The first-order chi connectivity index (χ1) is 10.5. The van der Waals surface area contributed by atoms with Gasteiger partial charge >= 0.3 is 5.97 Å². The third-order valence-corrected chi connectivity index (χ3v) is 3.82. The molecule has 1 aliphatic rings. The molecule has 2 rings (SSSR count). The van der Waals surface area contributed by atoms with Crippen LogP contribution >= 0.6 is 12.2 Å². The largest absolute Gasteiger partial charge is 0.465 e. The number of carbonyl (C=O) groups is 2. The van der Waals surface area contributed by atoms with Crippen molar-refractivity contribution in [2.75, 3.05) is 6.61 Å². The van der Waals surface area contributed by atoms with Crippen molar-refractivity contribution in [2.24, 2.45) is 5.92 Å². The van der Waals surface area contributed by atoms with E-state index in [1.54, 1.807) is 31.2 Å². The van der Waals surface area contributed by atoms with E-state index in [4.69, 9.17) is 17.0 Å². The molecule has 1 saturated heterocycles. The van der Waals surface area contributed by atoms with Gasteiger partial charge in [0.05, 0.1) is 12.6 Å². The molecule has 118 valence electrons. The van der Waals surface area contributed by atoms with Gasteiger partial charge in [-0.15, -0.1) is 0 Å². The predicted octanol–water partition coefficient (Wildman–Crippen LogP) is 1.67. The Hall–Kier alpha value is -1.95. The molecule has 1 aromatic rings. The Morgan fingerprint density at radius 1 is 1.32 bits per heavy atom.